The van der Waals surface area contributed by atoms with Crippen LogP contribution in [0.15, 0.2) is 24.3 Å². The molecule has 0 aromatic heterocycles. The van der Waals surface area contributed by atoms with Crippen LogP contribution in [0.3, 0.4) is 0 Å². The van der Waals surface area contributed by atoms with Crippen molar-refractivity contribution in [1.82, 2.24) is 9.80 Å². The van der Waals surface area contributed by atoms with Gasteiger partial charge in [-0.05, 0) is 24.7 Å². The number of anilines is 1. The van der Waals surface area contributed by atoms with Gasteiger partial charge in [0.05, 0.1) is 6.54 Å². The summed E-state index contributed by atoms with van der Waals surface area (Å²) in [6, 6.07) is 7.97. The summed E-state index contributed by atoms with van der Waals surface area (Å²) in [6.45, 7) is 5.36. The van der Waals surface area contributed by atoms with E-state index in [2.05, 4.69) is 28.2 Å². The Hall–Kier alpha value is -0.560. The van der Waals surface area contributed by atoms with Gasteiger partial charge >= 0.3 is 0 Å². The van der Waals surface area contributed by atoms with Gasteiger partial charge in [-0.3, -0.25) is 9.69 Å². The highest BCUT2D eigenvalue weighted by Crippen LogP contribution is 2.13. The third kappa shape index (κ3) is 7.63. The number of likely N-dealkylation sites (N-methyl/N-ethyl adjacent to an activating group) is 1. The Morgan fingerprint density at radius 2 is 1.82 bits per heavy atom. The molecule has 0 atom stereocenters. The van der Waals surface area contributed by atoms with Crippen LogP contribution in [0.5, 0.6) is 0 Å². The zero-order valence-electron chi connectivity index (χ0n) is 12.7. The van der Waals surface area contributed by atoms with Gasteiger partial charge in [0.15, 0.2) is 0 Å². The molecule has 0 saturated carbocycles. The van der Waals surface area contributed by atoms with Gasteiger partial charge in [0, 0.05) is 38.4 Å². The largest absolute Gasteiger partial charge is 0.325 e. The van der Waals surface area contributed by atoms with Gasteiger partial charge in [-0.25, -0.2) is 0 Å². The van der Waals surface area contributed by atoms with E-state index in [9.17, 15) is 4.79 Å². The highest BCUT2D eigenvalue weighted by atomic mass is 35.5. The standard InChI is InChI=1S/C14H22N4O.3ClH/c1-17-5-7-18(8-6-17)11-12-3-2-4-13(9-12)16-14(19)10-15;;;/h2-4,9H,5-8,10-11,15H2,1H3,(H,16,19);3*1H. The van der Waals surface area contributed by atoms with Crippen molar-refractivity contribution in [2.45, 2.75) is 6.54 Å². The first-order valence-electron chi connectivity index (χ1n) is 6.67. The molecule has 22 heavy (non-hydrogen) atoms. The van der Waals surface area contributed by atoms with Gasteiger partial charge in [0.25, 0.3) is 0 Å². The summed E-state index contributed by atoms with van der Waals surface area (Å²) in [5.41, 5.74) is 7.34. The van der Waals surface area contributed by atoms with E-state index in [4.69, 9.17) is 5.73 Å². The minimum Gasteiger partial charge on any atom is -0.325 e. The molecule has 128 valence electrons. The number of carbonyl (C=O) groups is 1. The zero-order chi connectivity index (χ0) is 13.7. The van der Waals surface area contributed by atoms with Gasteiger partial charge in [-0.15, -0.1) is 37.2 Å². The molecule has 2 rings (SSSR count). The SMILES string of the molecule is CN1CCN(Cc2cccc(NC(=O)CN)c2)CC1.Cl.Cl.Cl. The smallest absolute Gasteiger partial charge is 0.238 e. The molecule has 0 bridgehead atoms. The van der Waals surface area contributed by atoms with Crippen LogP contribution in [-0.2, 0) is 11.3 Å². The normalized spacial score (nSPS) is 15.0. The molecular formula is C14H25Cl3N4O. The summed E-state index contributed by atoms with van der Waals surface area (Å²) in [5, 5.41) is 2.79. The first kappa shape index (κ1) is 23.7. The highest BCUT2D eigenvalue weighted by molar-refractivity contribution is 5.92. The van der Waals surface area contributed by atoms with E-state index >= 15 is 0 Å². The minimum absolute atomic E-state index is 0. The molecule has 3 N–H and O–H groups in total. The van der Waals surface area contributed by atoms with Crippen LogP contribution in [0.25, 0.3) is 0 Å². The molecule has 8 heteroatoms. The summed E-state index contributed by atoms with van der Waals surface area (Å²) in [5.74, 6) is -0.156. The summed E-state index contributed by atoms with van der Waals surface area (Å²) in [4.78, 5) is 16.0. The van der Waals surface area contributed by atoms with Crippen molar-refractivity contribution in [2.24, 2.45) is 5.73 Å². The zero-order valence-corrected chi connectivity index (χ0v) is 15.1. The minimum atomic E-state index is -0.156. The number of nitrogens with one attached hydrogen (secondary N) is 1. The number of hydrogen-bond donors (Lipinski definition) is 2. The summed E-state index contributed by atoms with van der Waals surface area (Å²) < 4.78 is 0. The lowest BCUT2D eigenvalue weighted by Crippen LogP contribution is -2.43. The van der Waals surface area contributed by atoms with Gasteiger partial charge in [0.2, 0.25) is 5.91 Å². The van der Waals surface area contributed by atoms with Gasteiger partial charge in [-0.1, -0.05) is 12.1 Å². The lowest BCUT2D eigenvalue weighted by Gasteiger charge is -2.32. The molecule has 0 radical (unpaired) electrons. The molecule has 1 aromatic rings. The summed E-state index contributed by atoms with van der Waals surface area (Å²) in [7, 11) is 2.15. The Bertz CT molecular complexity index is 440. The van der Waals surface area contributed by atoms with Crippen molar-refractivity contribution in [3.8, 4) is 0 Å². The molecule has 0 unspecified atom stereocenters. The highest BCUT2D eigenvalue weighted by Gasteiger charge is 2.13. The summed E-state index contributed by atoms with van der Waals surface area (Å²) in [6.07, 6.45) is 0. The van der Waals surface area contributed by atoms with Crippen molar-refractivity contribution in [3.05, 3.63) is 29.8 Å². The van der Waals surface area contributed by atoms with E-state index in [-0.39, 0.29) is 49.7 Å². The van der Waals surface area contributed by atoms with Crippen LogP contribution in [-0.4, -0.2) is 55.5 Å². The average Bonchev–Trinajstić information content (AvgIpc) is 2.42. The molecular weight excluding hydrogens is 347 g/mol. The number of hydrogen-bond acceptors (Lipinski definition) is 4. The van der Waals surface area contributed by atoms with Gasteiger partial charge in [0.1, 0.15) is 0 Å². The van der Waals surface area contributed by atoms with Crippen molar-refractivity contribution in [2.75, 3.05) is 45.1 Å². The Balaban J connectivity index is 0. The molecule has 1 aliphatic heterocycles. The fourth-order valence-corrected chi connectivity index (χ4v) is 2.22. The number of rotatable bonds is 4. The Morgan fingerprint density at radius 3 is 2.41 bits per heavy atom. The van der Waals surface area contributed by atoms with Gasteiger partial charge in [-0.2, -0.15) is 0 Å². The predicted octanol–water partition coefficient (Wildman–Crippen LogP) is 1.60. The van der Waals surface area contributed by atoms with Crippen LogP contribution in [0.4, 0.5) is 5.69 Å². The number of halogens is 3. The monoisotopic (exact) mass is 370 g/mol. The van der Waals surface area contributed by atoms with E-state index in [0.29, 0.717) is 0 Å². The van der Waals surface area contributed by atoms with Crippen LogP contribution < -0.4 is 11.1 Å². The Kier molecular flexibility index (Phi) is 12.9. The summed E-state index contributed by atoms with van der Waals surface area (Å²) >= 11 is 0. The molecule has 1 aliphatic rings. The van der Waals surface area contributed by atoms with Crippen LogP contribution in [0.2, 0.25) is 0 Å². The number of benzene rings is 1. The van der Waals surface area contributed by atoms with Crippen LogP contribution >= 0.6 is 37.2 Å². The second kappa shape index (κ2) is 11.9. The van der Waals surface area contributed by atoms with Crippen molar-refractivity contribution in [1.29, 1.82) is 0 Å². The average molecular weight is 372 g/mol. The molecule has 1 aromatic carbocycles. The van der Waals surface area contributed by atoms with E-state index in [0.717, 1.165) is 38.4 Å². The first-order chi connectivity index (χ1) is 9.17. The molecule has 1 heterocycles. The fourth-order valence-electron chi connectivity index (χ4n) is 2.22. The Labute approximate surface area is 150 Å². The molecule has 5 nitrogen and oxygen atoms in total. The molecule has 1 saturated heterocycles. The fraction of sp³-hybridized carbons (Fsp3) is 0.500. The quantitative estimate of drug-likeness (QED) is 0.844. The number of nitrogens with zero attached hydrogens (tertiary/aromatic N) is 2. The van der Waals surface area contributed by atoms with Crippen molar-refractivity contribution in [3.63, 3.8) is 0 Å². The molecule has 0 aliphatic carbocycles. The second-order valence-electron chi connectivity index (χ2n) is 5.03. The van der Waals surface area contributed by atoms with Crippen molar-refractivity contribution >= 4 is 48.8 Å². The lowest BCUT2D eigenvalue weighted by atomic mass is 10.1. The third-order valence-electron chi connectivity index (χ3n) is 3.40. The third-order valence-corrected chi connectivity index (χ3v) is 3.40. The topological polar surface area (TPSA) is 61.6 Å². The predicted molar refractivity (Wildman–Crippen MR) is 98.6 cm³/mol. The van der Waals surface area contributed by atoms with E-state index in [1.54, 1.807) is 0 Å². The number of piperazine rings is 1. The number of amides is 1. The molecule has 1 fully saturated rings. The Morgan fingerprint density at radius 1 is 1.18 bits per heavy atom. The molecule has 0 spiro atoms. The van der Waals surface area contributed by atoms with E-state index in [1.807, 2.05) is 18.2 Å². The number of carbonyl (C=O) groups excluding carboxylic acids is 1. The van der Waals surface area contributed by atoms with Crippen LogP contribution in [0, 0.1) is 0 Å². The maximum absolute atomic E-state index is 11.3. The van der Waals surface area contributed by atoms with Crippen molar-refractivity contribution < 1.29 is 4.79 Å². The van der Waals surface area contributed by atoms with E-state index < -0.39 is 0 Å². The maximum atomic E-state index is 11.3. The lowest BCUT2D eigenvalue weighted by molar-refractivity contribution is -0.114. The van der Waals surface area contributed by atoms with Gasteiger partial charge < -0.3 is 16.0 Å². The van der Waals surface area contributed by atoms with E-state index in [1.165, 1.54) is 5.56 Å². The molecule has 1 amide bonds. The number of nitrogens with two attached hydrogens (primary N) is 1. The maximum Gasteiger partial charge on any atom is 0.238 e. The first-order valence-corrected chi connectivity index (χ1v) is 6.67. The van der Waals surface area contributed by atoms with Crippen LogP contribution in [0.1, 0.15) is 5.56 Å². The second-order valence-corrected chi connectivity index (χ2v) is 5.03.